The van der Waals surface area contributed by atoms with E-state index >= 15 is 0 Å². The maximum atomic E-state index is 12.3. The first kappa shape index (κ1) is 19.4. The van der Waals surface area contributed by atoms with Crippen molar-refractivity contribution in [3.63, 3.8) is 0 Å². The van der Waals surface area contributed by atoms with Gasteiger partial charge in [-0.2, -0.15) is 0 Å². The van der Waals surface area contributed by atoms with Gasteiger partial charge in [0.05, 0.1) is 22.8 Å². The van der Waals surface area contributed by atoms with Crippen molar-refractivity contribution in [3.8, 4) is 22.8 Å². The number of aromatic nitrogens is 1. The van der Waals surface area contributed by atoms with Gasteiger partial charge in [-0.05, 0) is 35.9 Å². The molecule has 1 aromatic heterocycles. The van der Waals surface area contributed by atoms with Gasteiger partial charge in [0.1, 0.15) is 0 Å². The first-order valence-electron chi connectivity index (χ1n) is 8.92. The van der Waals surface area contributed by atoms with Crippen LogP contribution in [-0.2, 0) is 21.1 Å². The molecule has 3 aromatic rings. The van der Waals surface area contributed by atoms with Crippen LogP contribution in [0.25, 0.3) is 11.3 Å². The fourth-order valence-electron chi connectivity index (χ4n) is 2.85. The van der Waals surface area contributed by atoms with Crippen LogP contribution in [0, 0.1) is 0 Å². The minimum atomic E-state index is -3.25. The highest BCUT2D eigenvalue weighted by molar-refractivity contribution is 7.91. The molecule has 0 spiro atoms. The summed E-state index contributed by atoms with van der Waals surface area (Å²) in [6, 6.07) is 11.9. The first-order valence-corrected chi connectivity index (χ1v) is 11.4. The Labute approximate surface area is 172 Å². The van der Waals surface area contributed by atoms with Crippen molar-refractivity contribution in [1.29, 1.82) is 0 Å². The first-order chi connectivity index (χ1) is 13.9. The van der Waals surface area contributed by atoms with Gasteiger partial charge in [-0.25, -0.2) is 13.4 Å². The molecule has 2 aromatic carbocycles. The maximum Gasteiger partial charge on any atom is 0.231 e. The summed E-state index contributed by atoms with van der Waals surface area (Å²) in [6.45, 7) is 1.81. The lowest BCUT2D eigenvalue weighted by Gasteiger charge is -2.05. The van der Waals surface area contributed by atoms with Crippen LogP contribution in [0.15, 0.2) is 52.7 Å². The Hall–Kier alpha value is -2.91. The largest absolute Gasteiger partial charge is 0.454 e. The van der Waals surface area contributed by atoms with E-state index in [1.807, 2.05) is 23.6 Å². The van der Waals surface area contributed by atoms with Crippen LogP contribution in [0.5, 0.6) is 11.5 Å². The number of nitrogens with zero attached hydrogens (tertiary/aromatic N) is 1. The number of hydrogen-bond acceptors (Lipinski definition) is 7. The van der Waals surface area contributed by atoms with Crippen LogP contribution in [0.2, 0.25) is 0 Å². The van der Waals surface area contributed by atoms with Gasteiger partial charge in [0, 0.05) is 10.9 Å². The number of fused-ring (bicyclic) bond motifs is 1. The molecule has 29 heavy (non-hydrogen) atoms. The molecule has 0 saturated heterocycles. The second kappa shape index (κ2) is 7.84. The molecule has 0 radical (unpaired) electrons. The number of anilines is 1. The third kappa shape index (κ3) is 4.25. The van der Waals surface area contributed by atoms with Crippen molar-refractivity contribution >= 4 is 32.2 Å². The Bertz CT molecular complexity index is 1150. The quantitative estimate of drug-likeness (QED) is 0.643. The normalized spacial score (nSPS) is 12.7. The molecule has 150 valence electrons. The van der Waals surface area contributed by atoms with Crippen LogP contribution in [0.3, 0.4) is 0 Å². The lowest BCUT2D eigenvalue weighted by atomic mass is 10.1. The number of thiazole rings is 1. The molecule has 1 aliphatic heterocycles. The predicted molar refractivity (Wildman–Crippen MR) is 110 cm³/mol. The Morgan fingerprint density at radius 3 is 2.66 bits per heavy atom. The molecule has 1 aliphatic rings. The van der Waals surface area contributed by atoms with E-state index in [1.54, 1.807) is 19.1 Å². The molecule has 4 rings (SSSR count). The second-order valence-corrected chi connectivity index (χ2v) is 9.51. The van der Waals surface area contributed by atoms with Crippen molar-refractivity contribution < 1.29 is 22.7 Å². The molecule has 7 nitrogen and oxygen atoms in total. The van der Waals surface area contributed by atoms with Crippen LogP contribution in [0.4, 0.5) is 5.13 Å². The van der Waals surface area contributed by atoms with E-state index in [0.717, 1.165) is 16.8 Å². The third-order valence-corrected chi connectivity index (χ3v) is 6.95. The molecule has 0 aliphatic carbocycles. The SMILES string of the molecule is CCS(=O)(=O)c1ccc(CC(=O)Nc2nc(-c3ccc4c(c3)OCO4)cs2)cc1. The van der Waals surface area contributed by atoms with Crippen LogP contribution in [-0.4, -0.2) is 31.9 Å². The summed E-state index contributed by atoms with van der Waals surface area (Å²) in [7, 11) is -3.25. The van der Waals surface area contributed by atoms with E-state index in [1.165, 1.54) is 23.5 Å². The Morgan fingerprint density at radius 2 is 1.90 bits per heavy atom. The van der Waals surface area contributed by atoms with Gasteiger partial charge in [-0.15, -0.1) is 11.3 Å². The predicted octanol–water partition coefficient (Wildman–Crippen LogP) is 3.51. The fourth-order valence-corrected chi connectivity index (χ4v) is 4.47. The fraction of sp³-hybridized carbons (Fsp3) is 0.200. The van der Waals surface area contributed by atoms with E-state index in [9.17, 15) is 13.2 Å². The highest BCUT2D eigenvalue weighted by Crippen LogP contribution is 2.36. The highest BCUT2D eigenvalue weighted by Gasteiger charge is 2.16. The molecular formula is C20H18N2O5S2. The molecule has 0 bridgehead atoms. The van der Waals surface area contributed by atoms with Crippen molar-refractivity contribution in [2.45, 2.75) is 18.2 Å². The molecule has 0 fully saturated rings. The van der Waals surface area contributed by atoms with Crippen LogP contribution < -0.4 is 14.8 Å². The van der Waals surface area contributed by atoms with Crippen molar-refractivity contribution in [2.75, 3.05) is 17.9 Å². The smallest absolute Gasteiger partial charge is 0.231 e. The summed E-state index contributed by atoms with van der Waals surface area (Å²) >= 11 is 1.33. The monoisotopic (exact) mass is 430 g/mol. The molecule has 1 amide bonds. The molecular weight excluding hydrogens is 412 g/mol. The van der Waals surface area contributed by atoms with Gasteiger partial charge in [0.15, 0.2) is 26.5 Å². The molecule has 0 atom stereocenters. The van der Waals surface area contributed by atoms with Crippen LogP contribution >= 0.6 is 11.3 Å². The van der Waals surface area contributed by atoms with E-state index < -0.39 is 9.84 Å². The minimum absolute atomic E-state index is 0.0442. The summed E-state index contributed by atoms with van der Waals surface area (Å²) in [5.41, 5.74) is 2.33. The lowest BCUT2D eigenvalue weighted by Crippen LogP contribution is -2.14. The van der Waals surface area contributed by atoms with Crippen molar-refractivity contribution in [2.24, 2.45) is 0 Å². The Morgan fingerprint density at radius 1 is 1.14 bits per heavy atom. The van der Waals surface area contributed by atoms with Gasteiger partial charge in [-0.3, -0.25) is 4.79 Å². The Balaban J connectivity index is 1.40. The van der Waals surface area contributed by atoms with Crippen molar-refractivity contribution in [3.05, 3.63) is 53.4 Å². The zero-order chi connectivity index (χ0) is 20.4. The maximum absolute atomic E-state index is 12.3. The number of ether oxygens (including phenoxy) is 2. The molecule has 0 saturated carbocycles. The molecule has 1 N–H and O–H groups in total. The molecule has 2 heterocycles. The number of carbonyl (C=O) groups is 1. The summed E-state index contributed by atoms with van der Waals surface area (Å²) in [4.78, 5) is 17.0. The summed E-state index contributed by atoms with van der Waals surface area (Å²) in [5.74, 6) is 1.20. The average molecular weight is 431 g/mol. The standard InChI is InChI=1S/C20H18N2O5S2/c1-2-29(24,25)15-6-3-13(4-7-15)9-19(23)22-20-21-16(11-28-20)14-5-8-17-18(10-14)27-12-26-17/h3-8,10-11H,2,9,12H2,1H3,(H,21,22,23). The summed E-state index contributed by atoms with van der Waals surface area (Å²) in [5, 5.41) is 5.14. The topological polar surface area (TPSA) is 94.6 Å². The molecule has 0 unspecified atom stereocenters. The molecule has 9 heteroatoms. The minimum Gasteiger partial charge on any atom is -0.454 e. The van der Waals surface area contributed by atoms with E-state index in [4.69, 9.17) is 9.47 Å². The number of sulfone groups is 1. The average Bonchev–Trinajstić information content (AvgIpc) is 3.37. The lowest BCUT2D eigenvalue weighted by molar-refractivity contribution is -0.115. The number of hydrogen-bond donors (Lipinski definition) is 1. The van der Waals surface area contributed by atoms with Gasteiger partial charge in [0.25, 0.3) is 0 Å². The number of nitrogens with one attached hydrogen (secondary N) is 1. The number of carbonyl (C=O) groups excluding carboxylic acids is 1. The van der Waals surface area contributed by atoms with Gasteiger partial charge >= 0.3 is 0 Å². The van der Waals surface area contributed by atoms with Gasteiger partial charge in [0.2, 0.25) is 12.7 Å². The zero-order valence-corrected chi connectivity index (χ0v) is 17.2. The summed E-state index contributed by atoms with van der Waals surface area (Å²) in [6.07, 6.45) is 0.130. The zero-order valence-electron chi connectivity index (χ0n) is 15.5. The summed E-state index contributed by atoms with van der Waals surface area (Å²) < 4.78 is 34.4. The Kier molecular flexibility index (Phi) is 5.25. The van der Waals surface area contributed by atoms with Crippen LogP contribution in [0.1, 0.15) is 12.5 Å². The van der Waals surface area contributed by atoms with E-state index in [-0.39, 0.29) is 29.8 Å². The number of rotatable bonds is 6. The van der Waals surface area contributed by atoms with Gasteiger partial charge < -0.3 is 14.8 Å². The van der Waals surface area contributed by atoms with Crippen molar-refractivity contribution in [1.82, 2.24) is 4.98 Å². The highest BCUT2D eigenvalue weighted by atomic mass is 32.2. The van der Waals surface area contributed by atoms with E-state index in [0.29, 0.717) is 16.6 Å². The number of benzene rings is 2. The second-order valence-electron chi connectivity index (χ2n) is 6.38. The number of amides is 1. The van der Waals surface area contributed by atoms with Gasteiger partial charge in [-0.1, -0.05) is 19.1 Å². The van der Waals surface area contributed by atoms with E-state index in [2.05, 4.69) is 10.3 Å². The third-order valence-electron chi connectivity index (χ3n) is 4.45.